The average Bonchev–Trinajstić information content (AvgIpc) is 3.03. The van der Waals surface area contributed by atoms with Crippen molar-refractivity contribution in [1.82, 2.24) is 0 Å². The van der Waals surface area contributed by atoms with Crippen molar-refractivity contribution in [1.29, 1.82) is 0 Å². The smallest absolute Gasteiger partial charge is 0.462 e. The van der Waals surface area contributed by atoms with Crippen LogP contribution >= 0.6 is 7.82 Å². The molecule has 274 valence electrons. The zero-order valence-corrected chi connectivity index (χ0v) is 30.4. The maximum absolute atomic E-state index is 12.3. The van der Waals surface area contributed by atoms with E-state index in [1.54, 1.807) is 12.2 Å². The van der Waals surface area contributed by atoms with Gasteiger partial charge in [-0.15, -0.1) is 0 Å². The molecule has 0 radical (unpaired) electrons. The molecule has 47 heavy (non-hydrogen) atoms. The Kier molecular flexibility index (Phi) is 31.5. The number of rotatable bonds is 33. The number of allylic oxidation sites excluding steroid dienone is 5. The molecular formula is C37H67O9P. The first kappa shape index (κ1) is 45.2. The van der Waals surface area contributed by atoms with Gasteiger partial charge in [0.1, 0.15) is 6.61 Å². The van der Waals surface area contributed by atoms with Crippen molar-refractivity contribution in [3.05, 3.63) is 36.5 Å². The van der Waals surface area contributed by atoms with Gasteiger partial charge >= 0.3 is 19.8 Å². The third kappa shape index (κ3) is 35.4. The number of phosphoric acid groups is 1. The molecule has 0 amide bonds. The second kappa shape index (κ2) is 32.8. The summed E-state index contributed by atoms with van der Waals surface area (Å²) in [5, 5.41) is 10.1. The van der Waals surface area contributed by atoms with Crippen molar-refractivity contribution in [3.63, 3.8) is 0 Å². The highest BCUT2D eigenvalue weighted by Gasteiger charge is 2.23. The van der Waals surface area contributed by atoms with E-state index in [-0.39, 0.29) is 19.4 Å². The highest BCUT2D eigenvalue weighted by Crippen LogP contribution is 2.36. The molecule has 0 bridgehead atoms. The molecule has 0 spiro atoms. The van der Waals surface area contributed by atoms with E-state index in [0.717, 1.165) is 32.1 Å². The first-order valence-electron chi connectivity index (χ1n) is 18.4. The van der Waals surface area contributed by atoms with Crippen molar-refractivity contribution >= 4 is 19.8 Å². The van der Waals surface area contributed by atoms with Crippen LogP contribution in [0.4, 0.5) is 0 Å². The lowest BCUT2D eigenvalue weighted by Gasteiger charge is -2.18. The van der Waals surface area contributed by atoms with Crippen LogP contribution < -0.4 is 0 Å². The Morgan fingerprint density at radius 2 is 1.21 bits per heavy atom. The summed E-state index contributed by atoms with van der Waals surface area (Å²) in [7, 11) is -4.79. The van der Waals surface area contributed by atoms with Crippen molar-refractivity contribution in [2.24, 2.45) is 0 Å². The average molecular weight is 687 g/mol. The first-order chi connectivity index (χ1) is 22.7. The van der Waals surface area contributed by atoms with Gasteiger partial charge in [0.15, 0.2) is 6.10 Å². The maximum Gasteiger partial charge on any atom is 0.469 e. The van der Waals surface area contributed by atoms with Gasteiger partial charge in [0, 0.05) is 12.8 Å². The lowest BCUT2D eigenvalue weighted by molar-refractivity contribution is -0.161. The minimum Gasteiger partial charge on any atom is -0.462 e. The summed E-state index contributed by atoms with van der Waals surface area (Å²) in [6, 6.07) is 0. The Morgan fingerprint density at radius 3 is 1.81 bits per heavy atom. The Labute approximate surface area is 285 Å². The molecule has 0 aliphatic heterocycles. The maximum atomic E-state index is 12.3. The van der Waals surface area contributed by atoms with Crippen LogP contribution in [0.1, 0.15) is 162 Å². The molecule has 0 aromatic rings. The quantitative estimate of drug-likeness (QED) is 0.0202. The van der Waals surface area contributed by atoms with Gasteiger partial charge in [-0.3, -0.25) is 14.1 Å². The molecule has 1 unspecified atom stereocenters. The molecule has 0 aliphatic rings. The Morgan fingerprint density at radius 1 is 0.660 bits per heavy atom. The summed E-state index contributed by atoms with van der Waals surface area (Å²) in [4.78, 5) is 42.6. The third-order valence-electron chi connectivity index (χ3n) is 7.77. The molecule has 0 aromatic heterocycles. The van der Waals surface area contributed by atoms with Crippen LogP contribution in [0.3, 0.4) is 0 Å². The van der Waals surface area contributed by atoms with Gasteiger partial charge in [-0.1, -0.05) is 147 Å². The van der Waals surface area contributed by atoms with E-state index >= 15 is 0 Å². The number of aliphatic hydroxyl groups excluding tert-OH is 1. The number of hydrogen-bond acceptors (Lipinski definition) is 7. The molecule has 3 N–H and O–H groups in total. The molecule has 2 atom stereocenters. The molecule has 0 aromatic carbocycles. The molecule has 0 saturated carbocycles. The minimum atomic E-state index is -4.79. The number of aliphatic hydroxyl groups is 1. The number of esters is 2. The second-order valence-corrected chi connectivity index (χ2v) is 13.6. The summed E-state index contributed by atoms with van der Waals surface area (Å²) in [5.41, 5.74) is 0. The fourth-order valence-electron chi connectivity index (χ4n) is 4.97. The van der Waals surface area contributed by atoms with E-state index < -0.39 is 38.6 Å². The van der Waals surface area contributed by atoms with Crippen LogP contribution in [0, 0.1) is 0 Å². The molecule has 9 nitrogen and oxygen atoms in total. The van der Waals surface area contributed by atoms with E-state index in [0.29, 0.717) is 19.3 Å². The molecule has 10 heteroatoms. The van der Waals surface area contributed by atoms with Crippen molar-refractivity contribution in [3.8, 4) is 0 Å². The Bertz CT molecular complexity index is 881. The largest absolute Gasteiger partial charge is 0.469 e. The van der Waals surface area contributed by atoms with Crippen molar-refractivity contribution in [2.75, 3.05) is 13.2 Å². The molecular weight excluding hydrogens is 619 g/mol. The molecule has 0 saturated heterocycles. The summed E-state index contributed by atoms with van der Waals surface area (Å²) in [6.07, 6.45) is 33.3. The number of hydrogen-bond donors (Lipinski definition) is 3. The molecule has 0 rings (SSSR count). The molecule has 0 heterocycles. The molecule has 0 aliphatic carbocycles. The van der Waals surface area contributed by atoms with Gasteiger partial charge in [0.25, 0.3) is 0 Å². The van der Waals surface area contributed by atoms with E-state index in [1.165, 1.54) is 83.5 Å². The zero-order valence-electron chi connectivity index (χ0n) is 29.5. The lowest BCUT2D eigenvalue weighted by atomic mass is 10.1. The van der Waals surface area contributed by atoms with Crippen LogP contribution in [0.25, 0.3) is 0 Å². The lowest BCUT2D eigenvalue weighted by Crippen LogP contribution is -2.29. The SMILES string of the molecule is CCCCCCCC/C=C/C/C=C/C=C/C(O)CCCC(=O)OC[C@H](COP(=O)(O)O)OC(=O)CCCCCCCCCCCCC. The summed E-state index contributed by atoms with van der Waals surface area (Å²) in [6.45, 7) is 3.48. The predicted octanol–water partition coefficient (Wildman–Crippen LogP) is 9.59. The minimum absolute atomic E-state index is 0.0445. The van der Waals surface area contributed by atoms with Gasteiger partial charge in [-0.25, -0.2) is 4.57 Å². The topological polar surface area (TPSA) is 140 Å². The van der Waals surface area contributed by atoms with Gasteiger partial charge in [-0.2, -0.15) is 0 Å². The van der Waals surface area contributed by atoms with Crippen molar-refractivity contribution in [2.45, 2.75) is 174 Å². The van der Waals surface area contributed by atoms with E-state index in [2.05, 4.69) is 30.5 Å². The van der Waals surface area contributed by atoms with Crippen LogP contribution in [0.15, 0.2) is 36.5 Å². The second-order valence-electron chi connectivity index (χ2n) is 12.4. The monoisotopic (exact) mass is 686 g/mol. The van der Waals surface area contributed by atoms with E-state index in [1.807, 2.05) is 12.2 Å². The van der Waals surface area contributed by atoms with Crippen LogP contribution in [0.2, 0.25) is 0 Å². The third-order valence-corrected chi connectivity index (χ3v) is 8.25. The number of ether oxygens (including phenoxy) is 2. The van der Waals surface area contributed by atoms with Crippen LogP contribution in [-0.2, 0) is 28.2 Å². The summed E-state index contributed by atoms with van der Waals surface area (Å²) < 4.78 is 26.1. The number of carbonyl (C=O) groups excluding carboxylic acids is 2. The van der Waals surface area contributed by atoms with Gasteiger partial charge in [-0.05, 0) is 38.5 Å². The zero-order chi connectivity index (χ0) is 34.9. The van der Waals surface area contributed by atoms with E-state index in [4.69, 9.17) is 19.3 Å². The first-order valence-corrected chi connectivity index (χ1v) is 19.9. The Balaban J connectivity index is 4.17. The Hall–Kier alpha value is -1.77. The normalized spacial score (nSPS) is 13.6. The standard InChI is InChI=1S/C37H67O9P/c1-3-5-7-9-11-13-15-16-18-19-21-23-25-28-34(38)29-27-31-36(39)44-32-35(33-45-47(41,42)43)46-37(40)30-26-24-22-20-17-14-12-10-8-6-4-2/h16,18,21,23,25,28,34-35,38H,3-15,17,19-20,22,24,26-27,29-33H2,1-2H3,(H2,41,42,43)/b18-16+,23-21+,28-25+/t34?,35-/m1/s1. The highest BCUT2D eigenvalue weighted by molar-refractivity contribution is 7.46. The number of unbranched alkanes of at least 4 members (excludes halogenated alkanes) is 16. The van der Waals surface area contributed by atoms with Gasteiger partial charge < -0.3 is 24.4 Å². The van der Waals surface area contributed by atoms with E-state index in [9.17, 15) is 19.3 Å². The number of phosphoric ester groups is 1. The van der Waals surface area contributed by atoms with Gasteiger partial charge in [0.05, 0.1) is 12.7 Å². The predicted molar refractivity (Wildman–Crippen MR) is 190 cm³/mol. The fraction of sp³-hybridized carbons (Fsp3) is 0.784. The molecule has 0 fully saturated rings. The summed E-state index contributed by atoms with van der Waals surface area (Å²) >= 11 is 0. The van der Waals surface area contributed by atoms with Crippen LogP contribution in [0.5, 0.6) is 0 Å². The van der Waals surface area contributed by atoms with Crippen LogP contribution in [-0.4, -0.2) is 52.3 Å². The highest BCUT2D eigenvalue weighted by atomic mass is 31.2. The fourth-order valence-corrected chi connectivity index (χ4v) is 5.33. The number of carbonyl (C=O) groups is 2. The van der Waals surface area contributed by atoms with Crippen molar-refractivity contribution < 1.29 is 43.0 Å². The summed E-state index contributed by atoms with van der Waals surface area (Å²) in [5.74, 6) is -1.08. The van der Waals surface area contributed by atoms with Gasteiger partial charge in [0.2, 0.25) is 0 Å².